The number of carboxylic acids is 1. The fourth-order valence-corrected chi connectivity index (χ4v) is 1.25. The number of aromatic nitrogens is 2. The average molecular weight is 267 g/mol. The molecule has 1 aromatic heterocycles. The van der Waals surface area contributed by atoms with Crippen molar-refractivity contribution in [1.29, 1.82) is 0 Å². The van der Waals surface area contributed by atoms with Gasteiger partial charge in [-0.15, -0.1) is 0 Å². The molecule has 1 rings (SSSR count). The Hall–Kier alpha value is -1.85. The molecule has 0 bridgehead atoms. The lowest BCUT2D eigenvalue weighted by Crippen LogP contribution is -2.36. The zero-order valence-electron chi connectivity index (χ0n) is 12.0. The van der Waals surface area contributed by atoms with Crippen LogP contribution < -0.4 is 5.32 Å². The summed E-state index contributed by atoms with van der Waals surface area (Å²) in [5.74, 6) is -1.09. The number of aliphatic carboxylic acids is 1. The molecule has 2 N–H and O–H groups in total. The number of hydrogen-bond acceptors (Lipinski definition) is 3. The van der Waals surface area contributed by atoms with E-state index in [-0.39, 0.29) is 5.91 Å². The van der Waals surface area contributed by atoms with Gasteiger partial charge in [-0.1, -0.05) is 20.8 Å². The van der Waals surface area contributed by atoms with Crippen LogP contribution in [0.4, 0.5) is 5.69 Å². The SMILES string of the molecule is CCC(C)(C)C(=O)Nc1cnn(C(C)(C)C(=O)O)c1. The maximum Gasteiger partial charge on any atom is 0.331 e. The first-order valence-corrected chi connectivity index (χ1v) is 6.21. The molecule has 106 valence electrons. The predicted molar refractivity (Wildman–Crippen MR) is 71.9 cm³/mol. The molecule has 6 heteroatoms. The van der Waals surface area contributed by atoms with Gasteiger partial charge in [-0.3, -0.25) is 9.48 Å². The third kappa shape index (κ3) is 3.13. The quantitative estimate of drug-likeness (QED) is 0.855. The van der Waals surface area contributed by atoms with Crippen molar-refractivity contribution in [2.24, 2.45) is 5.41 Å². The van der Waals surface area contributed by atoms with Gasteiger partial charge in [-0.25, -0.2) is 4.79 Å². The molecular formula is C13H21N3O3. The summed E-state index contributed by atoms with van der Waals surface area (Å²) in [6.45, 7) is 8.74. The highest BCUT2D eigenvalue weighted by molar-refractivity contribution is 5.94. The van der Waals surface area contributed by atoms with Crippen LogP contribution in [0.15, 0.2) is 12.4 Å². The molecule has 6 nitrogen and oxygen atoms in total. The first kappa shape index (κ1) is 15.2. The summed E-state index contributed by atoms with van der Waals surface area (Å²) >= 11 is 0. The van der Waals surface area contributed by atoms with Crippen molar-refractivity contribution < 1.29 is 14.7 Å². The number of hydrogen-bond donors (Lipinski definition) is 2. The van der Waals surface area contributed by atoms with Crippen LogP contribution in [0, 0.1) is 5.41 Å². The molecule has 1 heterocycles. The topological polar surface area (TPSA) is 84.2 Å². The van der Waals surface area contributed by atoms with E-state index in [9.17, 15) is 9.59 Å². The van der Waals surface area contributed by atoms with E-state index in [1.54, 1.807) is 13.8 Å². The highest BCUT2D eigenvalue weighted by atomic mass is 16.4. The minimum atomic E-state index is -1.15. The lowest BCUT2D eigenvalue weighted by Gasteiger charge is -2.21. The molecule has 1 aromatic rings. The fourth-order valence-electron chi connectivity index (χ4n) is 1.25. The number of nitrogens with one attached hydrogen (secondary N) is 1. The van der Waals surface area contributed by atoms with Crippen LogP contribution in [0.1, 0.15) is 41.0 Å². The molecule has 0 atom stereocenters. The number of rotatable bonds is 5. The van der Waals surface area contributed by atoms with Gasteiger partial charge in [0.1, 0.15) is 0 Å². The Kier molecular flexibility index (Phi) is 4.03. The Morgan fingerprint density at radius 1 is 1.37 bits per heavy atom. The normalized spacial score (nSPS) is 12.3. The van der Waals surface area contributed by atoms with Gasteiger partial charge >= 0.3 is 5.97 Å². The number of amides is 1. The van der Waals surface area contributed by atoms with Crippen molar-refractivity contribution in [3.8, 4) is 0 Å². The summed E-state index contributed by atoms with van der Waals surface area (Å²) in [7, 11) is 0. The van der Waals surface area contributed by atoms with E-state index < -0.39 is 16.9 Å². The van der Waals surface area contributed by atoms with E-state index in [0.29, 0.717) is 12.1 Å². The van der Waals surface area contributed by atoms with E-state index in [0.717, 1.165) is 0 Å². The number of nitrogens with zero attached hydrogens (tertiary/aromatic N) is 2. The van der Waals surface area contributed by atoms with Crippen molar-refractivity contribution in [3.05, 3.63) is 12.4 Å². The smallest absolute Gasteiger partial charge is 0.331 e. The molecule has 0 saturated carbocycles. The molecule has 0 unspecified atom stereocenters. The Morgan fingerprint density at radius 3 is 2.42 bits per heavy atom. The maximum atomic E-state index is 12.0. The van der Waals surface area contributed by atoms with Gasteiger partial charge in [-0.2, -0.15) is 5.10 Å². The zero-order chi connectivity index (χ0) is 14.8. The van der Waals surface area contributed by atoms with Crippen molar-refractivity contribution in [2.45, 2.75) is 46.6 Å². The lowest BCUT2D eigenvalue weighted by molar-refractivity contribution is -0.146. The number of carbonyl (C=O) groups is 2. The van der Waals surface area contributed by atoms with Crippen LogP contribution in [0.3, 0.4) is 0 Å². The van der Waals surface area contributed by atoms with Crippen LogP contribution >= 0.6 is 0 Å². The third-order valence-electron chi connectivity index (χ3n) is 3.44. The summed E-state index contributed by atoms with van der Waals surface area (Å²) < 4.78 is 1.32. The van der Waals surface area contributed by atoms with Gasteiger partial charge in [0.25, 0.3) is 0 Å². The largest absolute Gasteiger partial charge is 0.479 e. The van der Waals surface area contributed by atoms with E-state index in [4.69, 9.17) is 5.11 Å². The summed E-state index contributed by atoms with van der Waals surface area (Å²) in [5, 5.41) is 15.8. The molecule has 0 aliphatic heterocycles. The molecule has 0 spiro atoms. The van der Waals surface area contributed by atoms with Crippen molar-refractivity contribution in [1.82, 2.24) is 9.78 Å². The highest BCUT2D eigenvalue weighted by Gasteiger charge is 2.31. The third-order valence-corrected chi connectivity index (χ3v) is 3.44. The first-order chi connectivity index (χ1) is 8.61. The molecule has 0 fully saturated rings. The first-order valence-electron chi connectivity index (χ1n) is 6.21. The highest BCUT2D eigenvalue weighted by Crippen LogP contribution is 2.23. The molecule has 0 aromatic carbocycles. The number of carboxylic acid groups (broad SMARTS) is 1. The van der Waals surface area contributed by atoms with Gasteiger partial charge in [0.15, 0.2) is 5.54 Å². The molecular weight excluding hydrogens is 246 g/mol. The average Bonchev–Trinajstić information content (AvgIpc) is 2.77. The summed E-state index contributed by atoms with van der Waals surface area (Å²) in [4.78, 5) is 23.1. The van der Waals surface area contributed by atoms with Crippen LogP contribution in [0.5, 0.6) is 0 Å². The van der Waals surface area contributed by atoms with Gasteiger partial charge < -0.3 is 10.4 Å². The van der Waals surface area contributed by atoms with Gasteiger partial charge in [0.2, 0.25) is 5.91 Å². The Labute approximate surface area is 112 Å². The van der Waals surface area contributed by atoms with Gasteiger partial charge in [0, 0.05) is 11.6 Å². The Morgan fingerprint density at radius 2 is 1.95 bits per heavy atom. The van der Waals surface area contributed by atoms with Crippen LogP contribution in [-0.4, -0.2) is 26.8 Å². The molecule has 1 amide bonds. The summed E-state index contributed by atoms with van der Waals surface area (Å²) in [6.07, 6.45) is 3.69. The molecule has 0 radical (unpaired) electrons. The van der Waals surface area contributed by atoms with E-state index in [1.165, 1.54) is 17.1 Å². The summed E-state index contributed by atoms with van der Waals surface area (Å²) in [6, 6.07) is 0. The maximum absolute atomic E-state index is 12.0. The second-order valence-corrected chi connectivity index (χ2v) is 5.73. The Bertz CT molecular complexity index is 489. The van der Waals surface area contributed by atoms with E-state index in [1.807, 2.05) is 20.8 Å². The van der Waals surface area contributed by atoms with Gasteiger partial charge in [-0.05, 0) is 20.3 Å². The van der Waals surface area contributed by atoms with Crippen molar-refractivity contribution >= 4 is 17.6 Å². The fraction of sp³-hybridized carbons (Fsp3) is 0.615. The minimum absolute atomic E-state index is 0.109. The standard InChI is InChI=1S/C13H21N3O3/c1-6-12(2,3)10(17)15-9-7-14-16(8-9)13(4,5)11(18)19/h7-8H,6H2,1-5H3,(H,15,17)(H,18,19). The molecule has 19 heavy (non-hydrogen) atoms. The monoisotopic (exact) mass is 267 g/mol. The second-order valence-electron chi connectivity index (χ2n) is 5.73. The van der Waals surface area contributed by atoms with Crippen LogP contribution in [-0.2, 0) is 15.1 Å². The minimum Gasteiger partial charge on any atom is -0.479 e. The number of anilines is 1. The Balaban J connectivity index is 2.88. The summed E-state index contributed by atoms with van der Waals surface area (Å²) in [5.41, 5.74) is -1.12. The lowest BCUT2D eigenvalue weighted by atomic mass is 9.89. The van der Waals surface area contributed by atoms with Crippen molar-refractivity contribution in [3.63, 3.8) is 0 Å². The zero-order valence-corrected chi connectivity index (χ0v) is 12.0. The predicted octanol–water partition coefficient (Wildman–Crippen LogP) is 2.08. The molecule has 0 aliphatic carbocycles. The van der Waals surface area contributed by atoms with Gasteiger partial charge in [0.05, 0.1) is 11.9 Å². The van der Waals surface area contributed by atoms with E-state index in [2.05, 4.69) is 10.4 Å². The van der Waals surface area contributed by atoms with Crippen LogP contribution in [0.2, 0.25) is 0 Å². The van der Waals surface area contributed by atoms with Crippen LogP contribution in [0.25, 0.3) is 0 Å². The van der Waals surface area contributed by atoms with E-state index >= 15 is 0 Å². The molecule has 0 aliphatic rings. The molecule has 0 saturated heterocycles. The van der Waals surface area contributed by atoms with Crippen molar-refractivity contribution in [2.75, 3.05) is 5.32 Å². The number of carbonyl (C=O) groups excluding carboxylic acids is 1. The second kappa shape index (κ2) is 5.03.